The molecule has 0 saturated heterocycles. The quantitative estimate of drug-likeness (QED) is 0.777. The molecule has 0 aliphatic rings. The van der Waals surface area contributed by atoms with E-state index in [1.165, 1.54) is 0 Å². The Bertz CT molecular complexity index is 369. The van der Waals surface area contributed by atoms with Gasteiger partial charge < -0.3 is 9.84 Å². The number of nitrogens with zero attached hydrogens (tertiary/aromatic N) is 2. The van der Waals surface area contributed by atoms with Gasteiger partial charge in [0, 0.05) is 18.3 Å². The van der Waals surface area contributed by atoms with Gasteiger partial charge in [-0.25, -0.2) is 4.98 Å². The summed E-state index contributed by atoms with van der Waals surface area (Å²) in [7, 11) is 1.56. The zero-order valence-corrected chi connectivity index (χ0v) is 10.2. The lowest BCUT2D eigenvalue weighted by Crippen LogP contribution is -2.30. The number of carboxylic acid groups (broad SMARTS) is 1. The Labute approximate surface area is 101 Å². The molecule has 0 aliphatic carbocycles. The molecule has 1 N–H and O–H groups in total. The molecule has 5 nitrogen and oxygen atoms in total. The van der Waals surface area contributed by atoms with Crippen LogP contribution in [0.25, 0.3) is 0 Å². The Morgan fingerprint density at radius 1 is 1.59 bits per heavy atom. The van der Waals surface area contributed by atoms with E-state index in [9.17, 15) is 4.79 Å². The van der Waals surface area contributed by atoms with Gasteiger partial charge in [-0.1, -0.05) is 13.0 Å². The first-order chi connectivity index (χ1) is 8.17. The molecule has 0 unspecified atom stereocenters. The minimum atomic E-state index is -0.818. The number of methoxy groups -OCH3 is 1. The van der Waals surface area contributed by atoms with Gasteiger partial charge in [-0.2, -0.15) is 0 Å². The third-order valence-electron chi connectivity index (χ3n) is 2.34. The van der Waals surface area contributed by atoms with E-state index in [0.717, 1.165) is 18.5 Å². The lowest BCUT2D eigenvalue weighted by Gasteiger charge is -2.20. The van der Waals surface area contributed by atoms with Crippen LogP contribution in [0.2, 0.25) is 0 Å². The number of carboxylic acids is 1. The van der Waals surface area contributed by atoms with Gasteiger partial charge in [-0.05, 0) is 19.0 Å². The normalized spacial score (nSPS) is 10.5. The van der Waals surface area contributed by atoms with Crippen molar-refractivity contribution in [2.75, 3.05) is 20.2 Å². The predicted octanol–water partition coefficient (Wildman–Crippen LogP) is 1.39. The summed E-state index contributed by atoms with van der Waals surface area (Å²) >= 11 is 0. The van der Waals surface area contributed by atoms with Crippen molar-refractivity contribution in [3.8, 4) is 5.88 Å². The molecule has 0 spiro atoms. The Morgan fingerprint density at radius 2 is 2.35 bits per heavy atom. The largest absolute Gasteiger partial charge is 0.481 e. The van der Waals surface area contributed by atoms with Crippen LogP contribution in [0.3, 0.4) is 0 Å². The van der Waals surface area contributed by atoms with E-state index in [1.54, 1.807) is 13.3 Å². The molecule has 0 bridgehead atoms. The minimum Gasteiger partial charge on any atom is -0.481 e. The second kappa shape index (κ2) is 6.85. The van der Waals surface area contributed by atoms with E-state index < -0.39 is 5.97 Å². The topological polar surface area (TPSA) is 62.7 Å². The van der Waals surface area contributed by atoms with Gasteiger partial charge in [-0.3, -0.25) is 9.69 Å². The molecule has 1 aromatic rings. The Hall–Kier alpha value is -1.62. The van der Waals surface area contributed by atoms with Gasteiger partial charge >= 0.3 is 5.97 Å². The zero-order valence-electron chi connectivity index (χ0n) is 10.2. The van der Waals surface area contributed by atoms with Gasteiger partial charge in [0.1, 0.15) is 0 Å². The number of aromatic nitrogens is 1. The summed E-state index contributed by atoms with van der Waals surface area (Å²) in [5.41, 5.74) is 0.907. The van der Waals surface area contributed by atoms with Crippen LogP contribution >= 0.6 is 0 Å². The Morgan fingerprint density at radius 3 is 2.94 bits per heavy atom. The summed E-state index contributed by atoms with van der Waals surface area (Å²) in [5, 5.41) is 8.83. The number of carbonyl (C=O) groups is 1. The molecule has 0 amide bonds. The molecule has 1 rings (SSSR count). The molecule has 1 aromatic heterocycles. The highest BCUT2D eigenvalue weighted by atomic mass is 16.5. The monoisotopic (exact) mass is 238 g/mol. The maximum absolute atomic E-state index is 10.7. The Balaban J connectivity index is 2.74. The highest BCUT2D eigenvalue weighted by Crippen LogP contribution is 2.16. The number of rotatable bonds is 7. The van der Waals surface area contributed by atoms with E-state index in [1.807, 2.05) is 24.0 Å². The second-order valence-corrected chi connectivity index (χ2v) is 3.78. The minimum absolute atomic E-state index is 0.0336. The molecule has 0 radical (unpaired) electrons. The van der Waals surface area contributed by atoms with Crippen LogP contribution in [0, 0.1) is 0 Å². The molecule has 0 fully saturated rings. The van der Waals surface area contributed by atoms with Gasteiger partial charge in [0.05, 0.1) is 13.7 Å². The fourth-order valence-corrected chi connectivity index (χ4v) is 1.69. The summed E-state index contributed by atoms with van der Waals surface area (Å²) in [6.45, 7) is 3.34. The molecular formula is C12H18N2O3. The van der Waals surface area contributed by atoms with Gasteiger partial charge in [0.2, 0.25) is 5.88 Å². The first kappa shape index (κ1) is 13.4. The SMILES string of the molecule is CCCN(CC(=O)O)Cc1cccnc1OC. The summed E-state index contributed by atoms with van der Waals surface area (Å²) in [6, 6.07) is 3.72. The summed E-state index contributed by atoms with van der Waals surface area (Å²) in [6.07, 6.45) is 2.57. The van der Waals surface area contributed by atoms with E-state index in [4.69, 9.17) is 9.84 Å². The molecule has 0 aromatic carbocycles. The highest BCUT2D eigenvalue weighted by Gasteiger charge is 2.12. The number of ether oxygens (including phenoxy) is 1. The van der Waals surface area contributed by atoms with Crippen molar-refractivity contribution in [3.63, 3.8) is 0 Å². The lowest BCUT2D eigenvalue weighted by molar-refractivity contribution is -0.138. The van der Waals surface area contributed by atoms with Crippen LogP contribution in [0.5, 0.6) is 5.88 Å². The maximum Gasteiger partial charge on any atom is 0.317 e. The number of pyridine rings is 1. The fraction of sp³-hybridized carbons (Fsp3) is 0.500. The van der Waals surface area contributed by atoms with Crippen LogP contribution in [0.15, 0.2) is 18.3 Å². The van der Waals surface area contributed by atoms with Crippen molar-refractivity contribution in [2.24, 2.45) is 0 Å². The molecular weight excluding hydrogens is 220 g/mol. The van der Waals surface area contributed by atoms with Gasteiger partial charge in [0.25, 0.3) is 0 Å². The summed E-state index contributed by atoms with van der Waals surface area (Å²) in [4.78, 5) is 16.7. The van der Waals surface area contributed by atoms with Crippen LogP contribution in [-0.2, 0) is 11.3 Å². The van der Waals surface area contributed by atoms with Crippen molar-refractivity contribution in [1.29, 1.82) is 0 Å². The van der Waals surface area contributed by atoms with Crippen molar-refractivity contribution >= 4 is 5.97 Å². The number of aliphatic carboxylic acids is 1. The second-order valence-electron chi connectivity index (χ2n) is 3.78. The van der Waals surface area contributed by atoms with E-state index in [2.05, 4.69) is 4.98 Å². The van der Waals surface area contributed by atoms with Crippen LogP contribution in [-0.4, -0.2) is 41.2 Å². The molecule has 17 heavy (non-hydrogen) atoms. The van der Waals surface area contributed by atoms with Crippen LogP contribution in [0.4, 0.5) is 0 Å². The van der Waals surface area contributed by atoms with Crippen LogP contribution < -0.4 is 4.74 Å². The average molecular weight is 238 g/mol. The van der Waals surface area contributed by atoms with Crippen molar-refractivity contribution in [3.05, 3.63) is 23.9 Å². The van der Waals surface area contributed by atoms with Crippen LogP contribution in [0.1, 0.15) is 18.9 Å². The average Bonchev–Trinajstić information content (AvgIpc) is 2.29. The molecule has 94 valence electrons. The molecule has 5 heteroatoms. The molecule has 0 aliphatic heterocycles. The number of hydrogen-bond acceptors (Lipinski definition) is 4. The summed E-state index contributed by atoms with van der Waals surface area (Å²) < 4.78 is 5.14. The molecule has 0 saturated carbocycles. The number of hydrogen-bond donors (Lipinski definition) is 1. The fourth-order valence-electron chi connectivity index (χ4n) is 1.69. The highest BCUT2D eigenvalue weighted by molar-refractivity contribution is 5.69. The van der Waals surface area contributed by atoms with E-state index >= 15 is 0 Å². The maximum atomic E-state index is 10.7. The first-order valence-corrected chi connectivity index (χ1v) is 5.59. The van der Waals surface area contributed by atoms with Crippen molar-refractivity contribution < 1.29 is 14.6 Å². The lowest BCUT2D eigenvalue weighted by atomic mass is 10.2. The van der Waals surface area contributed by atoms with Gasteiger partial charge in [0.15, 0.2) is 0 Å². The third kappa shape index (κ3) is 4.40. The summed E-state index contributed by atoms with van der Waals surface area (Å²) in [5.74, 6) is -0.264. The smallest absolute Gasteiger partial charge is 0.317 e. The van der Waals surface area contributed by atoms with Gasteiger partial charge in [-0.15, -0.1) is 0 Å². The molecule has 1 heterocycles. The standard InChI is InChI=1S/C12H18N2O3/c1-3-7-14(9-11(15)16)8-10-5-4-6-13-12(10)17-2/h4-6H,3,7-9H2,1-2H3,(H,15,16). The molecule has 0 atom stereocenters. The van der Waals surface area contributed by atoms with Crippen molar-refractivity contribution in [2.45, 2.75) is 19.9 Å². The third-order valence-corrected chi connectivity index (χ3v) is 2.34. The zero-order chi connectivity index (χ0) is 12.7. The predicted molar refractivity (Wildman–Crippen MR) is 64.0 cm³/mol. The first-order valence-electron chi connectivity index (χ1n) is 5.59. The van der Waals surface area contributed by atoms with E-state index in [0.29, 0.717) is 12.4 Å². The van der Waals surface area contributed by atoms with Crippen molar-refractivity contribution in [1.82, 2.24) is 9.88 Å². The Kier molecular flexibility index (Phi) is 5.42. The van der Waals surface area contributed by atoms with E-state index in [-0.39, 0.29) is 6.54 Å².